The first-order chi connectivity index (χ1) is 7.77. The Morgan fingerprint density at radius 2 is 2.00 bits per heavy atom. The molecule has 1 rings (SSSR count). The fraction of sp³-hybridized carbons (Fsp3) is 0.500. The summed E-state index contributed by atoms with van der Waals surface area (Å²) in [6.45, 7) is 4.90. The van der Waals surface area contributed by atoms with Crippen molar-refractivity contribution in [3.8, 4) is 0 Å². The Labute approximate surface area is 101 Å². The Bertz CT molecular complexity index is 318. The highest BCUT2D eigenvalue weighted by atomic mass is 35.5. The second-order valence-corrected chi connectivity index (χ2v) is 3.79. The quantitative estimate of drug-likeness (QED) is 0.748. The third kappa shape index (κ3) is 4.49. The number of hydrogen-bond donors (Lipinski definition) is 1. The van der Waals surface area contributed by atoms with Crippen LogP contribution in [0.25, 0.3) is 0 Å². The van der Waals surface area contributed by atoms with Gasteiger partial charge >= 0.3 is 0 Å². The predicted molar refractivity (Wildman–Crippen MR) is 65.5 cm³/mol. The molecular weight excluding hydrogens is 226 g/mol. The zero-order valence-electron chi connectivity index (χ0n) is 9.54. The summed E-state index contributed by atoms with van der Waals surface area (Å²) in [5, 5.41) is 0.708. The molecule has 0 heterocycles. The fourth-order valence-corrected chi connectivity index (χ4v) is 1.54. The van der Waals surface area contributed by atoms with Crippen molar-refractivity contribution in [2.45, 2.75) is 20.1 Å². The highest BCUT2D eigenvalue weighted by Crippen LogP contribution is 2.18. The Morgan fingerprint density at radius 1 is 1.25 bits per heavy atom. The molecule has 0 aromatic heterocycles. The molecule has 1 aromatic carbocycles. The van der Waals surface area contributed by atoms with Crippen LogP contribution < -0.4 is 5.73 Å². The van der Waals surface area contributed by atoms with E-state index in [9.17, 15) is 0 Å². The van der Waals surface area contributed by atoms with E-state index in [-0.39, 0.29) is 0 Å². The van der Waals surface area contributed by atoms with E-state index in [1.807, 2.05) is 25.1 Å². The topological polar surface area (TPSA) is 44.5 Å². The first kappa shape index (κ1) is 13.5. The largest absolute Gasteiger partial charge is 0.379 e. The van der Waals surface area contributed by atoms with E-state index in [1.54, 1.807) is 0 Å². The van der Waals surface area contributed by atoms with E-state index in [4.69, 9.17) is 26.8 Å². The SMILES string of the molecule is CCOCCOCc1ccc(CN)cc1Cl. The maximum absolute atomic E-state index is 6.08. The lowest BCUT2D eigenvalue weighted by Gasteiger charge is -2.07. The van der Waals surface area contributed by atoms with Crippen LogP contribution in [-0.2, 0) is 22.6 Å². The van der Waals surface area contributed by atoms with E-state index in [0.29, 0.717) is 31.4 Å². The molecule has 90 valence electrons. The molecular formula is C12H18ClNO2. The van der Waals surface area contributed by atoms with Crippen LogP contribution in [0.4, 0.5) is 0 Å². The summed E-state index contributed by atoms with van der Waals surface area (Å²) in [7, 11) is 0. The molecule has 0 saturated heterocycles. The van der Waals surface area contributed by atoms with Gasteiger partial charge in [0, 0.05) is 18.2 Å². The molecule has 3 nitrogen and oxygen atoms in total. The summed E-state index contributed by atoms with van der Waals surface area (Å²) in [6, 6.07) is 5.79. The van der Waals surface area contributed by atoms with Gasteiger partial charge < -0.3 is 15.2 Å². The van der Waals surface area contributed by atoms with E-state index < -0.39 is 0 Å². The van der Waals surface area contributed by atoms with Crippen LogP contribution in [0.2, 0.25) is 5.02 Å². The molecule has 0 atom stereocenters. The molecule has 0 aliphatic heterocycles. The minimum atomic E-state index is 0.505. The summed E-state index contributed by atoms with van der Waals surface area (Å²) in [4.78, 5) is 0. The lowest BCUT2D eigenvalue weighted by molar-refractivity contribution is 0.0453. The fourth-order valence-electron chi connectivity index (χ4n) is 1.28. The average molecular weight is 244 g/mol. The van der Waals surface area contributed by atoms with Crippen LogP contribution in [0.1, 0.15) is 18.1 Å². The van der Waals surface area contributed by atoms with E-state index in [1.165, 1.54) is 0 Å². The van der Waals surface area contributed by atoms with E-state index in [0.717, 1.165) is 17.7 Å². The van der Waals surface area contributed by atoms with E-state index >= 15 is 0 Å². The van der Waals surface area contributed by atoms with Gasteiger partial charge in [0.1, 0.15) is 0 Å². The predicted octanol–water partition coefficient (Wildman–Crippen LogP) is 2.35. The molecule has 0 aliphatic carbocycles. The average Bonchev–Trinajstić information content (AvgIpc) is 2.30. The molecule has 0 amide bonds. The van der Waals surface area contributed by atoms with Crippen LogP contribution in [0.5, 0.6) is 0 Å². The number of hydrogen-bond acceptors (Lipinski definition) is 3. The van der Waals surface area contributed by atoms with Gasteiger partial charge in [0.15, 0.2) is 0 Å². The van der Waals surface area contributed by atoms with Gasteiger partial charge in [-0.25, -0.2) is 0 Å². The molecule has 0 spiro atoms. The van der Waals surface area contributed by atoms with Gasteiger partial charge in [0.25, 0.3) is 0 Å². The molecule has 0 bridgehead atoms. The van der Waals surface area contributed by atoms with Crippen molar-refractivity contribution in [1.29, 1.82) is 0 Å². The Hall–Kier alpha value is -0.610. The molecule has 4 heteroatoms. The highest BCUT2D eigenvalue weighted by molar-refractivity contribution is 6.31. The van der Waals surface area contributed by atoms with Crippen LogP contribution >= 0.6 is 11.6 Å². The molecule has 0 saturated carbocycles. The number of benzene rings is 1. The Morgan fingerprint density at radius 3 is 2.62 bits per heavy atom. The normalized spacial score (nSPS) is 10.7. The first-order valence-electron chi connectivity index (χ1n) is 5.40. The molecule has 16 heavy (non-hydrogen) atoms. The number of ether oxygens (including phenoxy) is 2. The maximum atomic E-state index is 6.08. The van der Waals surface area contributed by atoms with Crippen molar-refractivity contribution in [3.63, 3.8) is 0 Å². The zero-order chi connectivity index (χ0) is 11.8. The van der Waals surface area contributed by atoms with Crippen molar-refractivity contribution in [1.82, 2.24) is 0 Å². The number of halogens is 1. The van der Waals surface area contributed by atoms with Gasteiger partial charge in [-0.1, -0.05) is 23.7 Å². The molecule has 0 fully saturated rings. The number of rotatable bonds is 7. The van der Waals surface area contributed by atoms with Gasteiger partial charge in [-0.15, -0.1) is 0 Å². The van der Waals surface area contributed by atoms with Gasteiger partial charge in [-0.3, -0.25) is 0 Å². The van der Waals surface area contributed by atoms with E-state index in [2.05, 4.69) is 0 Å². The smallest absolute Gasteiger partial charge is 0.0732 e. The van der Waals surface area contributed by atoms with Crippen LogP contribution in [0.15, 0.2) is 18.2 Å². The summed E-state index contributed by atoms with van der Waals surface area (Å²) in [5.41, 5.74) is 7.53. The first-order valence-corrected chi connectivity index (χ1v) is 5.78. The maximum Gasteiger partial charge on any atom is 0.0732 e. The minimum Gasteiger partial charge on any atom is -0.379 e. The van der Waals surface area contributed by atoms with Crippen LogP contribution in [-0.4, -0.2) is 19.8 Å². The molecule has 0 unspecified atom stereocenters. The summed E-state index contributed by atoms with van der Waals surface area (Å²) >= 11 is 6.08. The number of nitrogens with two attached hydrogens (primary N) is 1. The van der Waals surface area contributed by atoms with Gasteiger partial charge in [0.05, 0.1) is 19.8 Å². The lowest BCUT2D eigenvalue weighted by Crippen LogP contribution is -2.04. The standard InChI is InChI=1S/C12H18ClNO2/c1-2-15-5-6-16-9-11-4-3-10(8-14)7-12(11)13/h3-4,7H,2,5-6,8-9,14H2,1H3. The second-order valence-electron chi connectivity index (χ2n) is 3.38. The minimum absolute atomic E-state index is 0.505. The third-order valence-electron chi connectivity index (χ3n) is 2.19. The van der Waals surface area contributed by atoms with Gasteiger partial charge in [-0.05, 0) is 24.1 Å². The Kier molecular flexibility index (Phi) is 6.42. The zero-order valence-corrected chi connectivity index (χ0v) is 10.3. The van der Waals surface area contributed by atoms with Crippen LogP contribution in [0.3, 0.4) is 0 Å². The lowest BCUT2D eigenvalue weighted by atomic mass is 10.1. The molecule has 0 aliphatic rings. The Balaban J connectivity index is 2.36. The van der Waals surface area contributed by atoms with Crippen molar-refractivity contribution >= 4 is 11.6 Å². The monoisotopic (exact) mass is 243 g/mol. The highest BCUT2D eigenvalue weighted by Gasteiger charge is 2.01. The molecule has 1 aromatic rings. The van der Waals surface area contributed by atoms with Crippen LogP contribution in [0, 0.1) is 0 Å². The van der Waals surface area contributed by atoms with Gasteiger partial charge in [0.2, 0.25) is 0 Å². The summed E-state index contributed by atoms with van der Waals surface area (Å²) in [5.74, 6) is 0. The molecule has 2 N–H and O–H groups in total. The summed E-state index contributed by atoms with van der Waals surface area (Å²) in [6.07, 6.45) is 0. The van der Waals surface area contributed by atoms with Crippen molar-refractivity contribution < 1.29 is 9.47 Å². The molecule has 0 radical (unpaired) electrons. The van der Waals surface area contributed by atoms with Crippen molar-refractivity contribution in [2.24, 2.45) is 5.73 Å². The van der Waals surface area contributed by atoms with Gasteiger partial charge in [-0.2, -0.15) is 0 Å². The summed E-state index contributed by atoms with van der Waals surface area (Å²) < 4.78 is 10.6. The van der Waals surface area contributed by atoms with Crippen molar-refractivity contribution in [2.75, 3.05) is 19.8 Å². The van der Waals surface area contributed by atoms with Crippen molar-refractivity contribution in [3.05, 3.63) is 34.3 Å². The third-order valence-corrected chi connectivity index (χ3v) is 2.54. The second kappa shape index (κ2) is 7.63.